The molecule has 0 radical (unpaired) electrons. The Kier molecular flexibility index (Phi) is 7.35. The molecule has 0 atom stereocenters. The summed E-state index contributed by atoms with van der Waals surface area (Å²) in [6.45, 7) is 1.95. The molecule has 0 amide bonds. The van der Waals surface area contributed by atoms with Gasteiger partial charge in [-0.2, -0.15) is 35.1 Å². The molecule has 0 unspecified atom stereocenters. The Bertz CT molecular complexity index is 2100. The third kappa shape index (κ3) is 5.74. The Morgan fingerprint density at radius 1 is 0.956 bits per heavy atom. The van der Waals surface area contributed by atoms with E-state index in [2.05, 4.69) is 46.8 Å². The van der Waals surface area contributed by atoms with Crippen molar-refractivity contribution in [2.75, 3.05) is 11.1 Å². The Balaban J connectivity index is 1.47. The number of anilines is 3. The summed E-state index contributed by atoms with van der Waals surface area (Å²) in [5.74, 6) is -1.12. The molecule has 3 heterocycles. The number of hydrogen-bond donors (Lipinski definition) is 4. The van der Waals surface area contributed by atoms with E-state index in [9.17, 15) is 20.3 Å². The first-order chi connectivity index (χ1) is 21.8. The average molecular weight is 599 g/mol. The molecule has 6 aromatic rings. The van der Waals surface area contributed by atoms with Gasteiger partial charge in [-0.15, -0.1) is 10.2 Å². The molecular weight excluding hydrogens is 576 g/mol. The smallest absolute Gasteiger partial charge is 0.335 e. The number of carboxylic acids is 1. The Morgan fingerprint density at radius 2 is 1.69 bits per heavy atom. The molecule has 0 bridgehead atoms. The van der Waals surface area contributed by atoms with Crippen LogP contribution in [0.1, 0.15) is 21.5 Å². The van der Waals surface area contributed by atoms with E-state index < -0.39 is 12.0 Å². The second-order valence-corrected chi connectivity index (χ2v) is 9.57. The van der Waals surface area contributed by atoms with E-state index in [1.54, 1.807) is 24.3 Å². The zero-order valence-corrected chi connectivity index (χ0v) is 23.4. The molecule has 15 heteroatoms. The predicted octanol–water partition coefficient (Wildman–Crippen LogP) is 5.24. The highest BCUT2D eigenvalue weighted by Crippen LogP contribution is 2.38. The third-order valence-corrected chi connectivity index (χ3v) is 6.52. The third-order valence-electron chi connectivity index (χ3n) is 6.52. The Morgan fingerprint density at radius 3 is 2.38 bits per heavy atom. The number of benzene rings is 3. The van der Waals surface area contributed by atoms with Crippen molar-refractivity contribution in [3.8, 4) is 35.0 Å². The quantitative estimate of drug-likeness (QED) is 0.166. The van der Waals surface area contributed by atoms with E-state index in [1.807, 2.05) is 49.4 Å². The highest BCUT2D eigenvalue weighted by atomic mass is 16.4. The number of nitrogen functional groups attached to an aromatic ring is 1. The number of para-hydroxylation sites is 1. The van der Waals surface area contributed by atoms with Gasteiger partial charge in [-0.1, -0.05) is 48.0 Å². The predicted molar refractivity (Wildman–Crippen MR) is 162 cm³/mol. The van der Waals surface area contributed by atoms with Gasteiger partial charge in [-0.05, 0) is 43.3 Å². The molecule has 15 nitrogen and oxygen atoms in total. The van der Waals surface area contributed by atoms with E-state index in [0.717, 1.165) is 10.2 Å². The lowest BCUT2D eigenvalue weighted by Crippen LogP contribution is -2.09. The van der Waals surface area contributed by atoms with Gasteiger partial charge in [0.05, 0.1) is 17.4 Å². The van der Waals surface area contributed by atoms with Gasteiger partial charge >= 0.3 is 12.0 Å². The van der Waals surface area contributed by atoms with Crippen LogP contribution in [0.25, 0.3) is 22.9 Å². The van der Waals surface area contributed by atoms with Gasteiger partial charge in [0.2, 0.25) is 5.95 Å². The van der Waals surface area contributed by atoms with Crippen LogP contribution in [-0.2, 0) is 0 Å². The summed E-state index contributed by atoms with van der Waals surface area (Å²) in [5.41, 5.74) is 9.86. The largest absolute Gasteiger partial charge is 0.479 e. The fraction of sp³-hybridized carbons (Fsp3) is 0.0333. The minimum absolute atomic E-state index is 0.0252. The lowest BCUT2D eigenvalue weighted by molar-refractivity contribution is 0.0697. The Hall–Kier alpha value is -6.95. The number of aryl methyl sites for hydroxylation is 1. The minimum Gasteiger partial charge on any atom is -0.479 e. The van der Waals surface area contributed by atoms with Gasteiger partial charge in [-0.3, -0.25) is 0 Å². The number of nitrogens with two attached hydrogens (primary N) is 1. The fourth-order valence-electron chi connectivity index (χ4n) is 4.28. The van der Waals surface area contributed by atoms with Crippen molar-refractivity contribution in [1.82, 2.24) is 34.5 Å². The van der Waals surface area contributed by atoms with Crippen molar-refractivity contribution >= 4 is 34.9 Å². The zero-order chi connectivity index (χ0) is 31.5. The van der Waals surface area contributed by atoms with Crippen LogP contribution >= 0.6 is 0 Å². The van der Waals surface area contributed by atoms with E-state index in [4.69, 9.17) is 5.73 Å². The summed E-state index contributed by atoms with van der Waals surface area (Å²) in [6, 6.07) is 23.9. The van der Waals surface area contributed by atoms with Crippen molar-refractivity contribution in [3.05, 3.63) is 102 Å². The number of rotatable bonds is 8. The molecule has 45 heavy (non-hydrogen) atoms. The fourth-order valence-corrected chi connectivity index (χ4v) is 4.28. The lowest BCUT2D eigenvalue weighted by atomic mass is 10.1. The topological polar surface area (TPSA) is 218 Å². The van der Waals surface area contributed by atoms with E-state index in [0.29, 0.717) is 16.9 Å². The number of aromatic hydroxyl groups is 1. The van der Waals surface area contributed by atoms with Crippen LogP contribution in [0.3, 0.4) is 0 Å². The highest BCUT2D eigenvalue weighted by Gasteiger charge is 2.22. The van der Waals surface area contributed by atoms with Crippen molar-refractivity contribution in [2.45, 2.75) is 6.92 Å². The molecule has 220 valence electrons. The number of hydrogen-bond acceptors (Lipinski definition) is 12. The minimum atomic E-state index is -1.10. The van der Waals surface area contributed by atoms with Crippen molar-refractivity contribution in [2.24, 2.45) is 10.2 Å². The molecule has 0 aliphatic heterocycles. The van der Waals surface area contributed by atoms with Gasteiger partial charge in [0.15, 0.2) is 17.3 Å². The first-order valence-electron chi connectivity index (χ1n) is 13.3. The molecule has 3 aromatic carbocycles. The molecule has 0 aliphatic rings. The number of carboxylic acid groups (broad SMARTS) is 1. The SMILES string of the molecule is Cc1ccc(Nc2nc(O)nc(-n3nc(-c4ccc(C(=O)O)cc4)c(/N=N/c4c(C#N)cnn4-c4ccccc4)c3N)n2)cc1. The average Bonchev–Trinajstić information content (AvgIpc) is 3.61. The van der Waals surface area contributed by atoms with Gasteiger partial charge in [-0.25, -0.2) is 9.48 Å². The molecule has 3 aromatic heterocycles. The van der Waals surface area contributed by atoms with Gasteiger partial charge < -0.3 is 21.3 Å². The number of carbonyl (C=O) groups is 1. The summed E-state index contributed by atoms with van der Waals surface area (Å²) in [7, 11) is 0. The number of nitriles is 1. The summed E-state index contributed by atoms with van der Waals surface area (Å²) >= 11 is 0. The van der Waals surface area contributed by atoms with E-state index in [-0.39, 0.29) is 46.0 Å². The molecule has 0 fully saturated rings. The summed E-state index contributed by atoms with van der Waals surface area (Å²) in [4.78, 5) is 23.8. The zero-order valence-electron chi connectivity index (χ0n) is 23.4. The molecule has 0 spiro atoms. The van der Waals surface area contributed by atoms with Crippen molar-refractivity contribution in [3.63, 3.8) is 0 Å². The van der Waals surface area contributed by atoms with Crippen molar-refractivity contribution in [1.29, 1.82) is 5.26 Å². The maximum absolute atomic E-state index is 11.5. The van der Waals surface area contributed by atoms with Gasteiger partial charge in [0.25, 0.3) is 5.95 Å². The van der Waals surface area contributed by atoms with Crippen LogP contribution in [0, 0.1) is 18.3 Å². The van der Waals surface area contributed by atoms with Gasteiger partial charge in [0, 0.05) is 11.3 Å². The normalized spacial score (nSPS) is 11.0. The maximum atomic E-state index is 11.5. The first-order valence-corrected chi connectivity index (χ1v) is 13.3. The van der Waals surface area contributed by atoms with Crippen LogP contribution in [0.15, 0.2) is 95.3 Å². The molecule has 0 aliphatic carbocycles. The second kappa shape index (κ2) is 11.7. The number of azo groups is 1. The van der Waals surface area contributed by atoms with Crippen molar-refractivity contribution < 1.29 is 15.0 Å². The standard InChI is InChI=1S/C30H22N12O3/c1-17-7-13-21(14-8-17)34-28-35-29(37-30(45)36-28)42-25(32)24(23(40-42)18-9-11-19(12-10-18)27(43)44)38-39-26-20(15-31)16-33-41(26)22-5-3-2-4-6-22/h2-14,16H,32H2,1H3,(H,43,44)(H2,34,35,36,37,45)/b39-38+. The molecular formula is C30H22N12O3. The molecule has 0 saturated carbocycles. The number of nitrogens with zero attached hydrogens (tertiary/aromatic N) is 10. The molecule has 0 saturated heterocycles. The summed E-state index contributed by atoms with van der Waals surface area (Å²) in [5, 5.41) is 50.0. The molecule has 5 N–H and O–H groups in total. The van der Waals surface area contributed by atoms with Gasteiger partial charge in [0.1, 0.15) is 17.3 Å². The first kappa shape index (κ1) is 28.2. The number of aromatic nitrogens is 7. The van der Waals surface area contributed by atoms with Crippen LogP contribution in [0.5, 0.6) is 6.01 Å². The van der Waals surface area contributed by atoms with Crippen LogP contribution in [0.4, 0.5) is 29.0 Å². The Labute approximate surface area is 254 Å². The van der Waals surface area contributed by atoms with Crippen LogP contribution in [-0.4, -0.2) is 50.7 Å². The van der Waals surface area contributed by atoms with E-state index in [1.165, 1.54) is 23.0 Å². The number of aromatic carboxylic acids is 1. The maximum Gasteiger partial charge on any atom is 0.335 e. The molecule has 6 rings (SSSR count). The lowest BCUT2D eigenvalue weighted by Gasteiger charge is -2.07. The summed E-state index contributed by atoms with van der Waals surface area (Å²) < 4.78 is 2.60. The summed E-state index contributed by atoms with van der Waals surface area (Å²) in [6.07, 6.45) is 1.37. The van der Waals surface area contributed by atoms with Crippen LogP contribution in [0.2, 0.25) is 0 Å². The number of nitrogens with one attached hydrogen (secondary N) is 1. The highest BCUT2D eigenvalue weighted by molar-refractivity contribution is 5.89. The second-order valence-electron chi connectivity index (χ2n) is 9.57. The van der Waals surface area contributed by atoms with E-state index >= 15 is 0 Å². The monoisotopic (exact) mass is 598 g/mol. The van der Waals surface area contributed by atoms with Crippen LogP contribution < -0.4 is 11.1 Å².